The molecule has 0 fully saturated rings. The zero-order chi connectivity index (χ0) is 17.3. The maximum Gasteiger partial charge on any atom is 0.405 e. The molecule has 0 saturated heterocycles. The number of aromatic nitrogens is 1. The van der Waals surface area contributed by atoms with Crippen molar-refractivity contribution in [1.29, 1.82) is 0 Å². The largest absolute Gasteiger partial charge is 0.439 e. The lowest BCUT2D eigenvalue weighted by atomic mass is 10.1. The van der Waals surface area contributed by atoms with E-state index in [0.29, 0.717) is 20.7 Å². The van der Waals surface area contributed by atoms with Gasteiger partial charge < -0.3 is 10.5 Å². The van der Waals surface area contributed by atoms with Crippen molar-refractivity contribution in [2.75, 3.05) is 6.54 Å². The van der Waals surface area contributed by atoms with Crippen LogP contribution >= 0.6 is 27.3 Å². The van der Waals surface area contributed by atoms with E-state index < -0.39 is 12.2 Å². The summed E-state index contributed by atoms with van der Waals surface area (Å²) < 4.78 is 5.69. The van der Waals surface area contributed by atoms with Gasteiger partial charge in [0.25, 0.3) is 11.8 Å². The summed E-state index contributed by atoms with van der Waals surface area (Å²) in [5.74, 6) is -0.706. The van der Waals surface area contributed by atoms with Crippen molar-refractivity contribution < 1.29 is 19.1 Å². The number of thiazole rings is 1. The number of carbonyl (C=O) groups is 3. The fraction of sp³-hybridized carbons (Fsp3) is 0.200. The fourth-order valence-electron chi connectivity index (χ4n) is 2.48. The summed E-state index contributed by atoms with van der Waals surface area (Å²) in [4.78, 5) is 41.1. The molecular weight excluding hydrogens is 398 g/mol. The highest BCUT2D eigenvalue weighted by molar-refractivity contribution is 9.10. The molecule has 9 heteroatoms. The Labute approximate surface area is 149 Å². The van der Waals surface area contributed by atoms with Crippen LogP contribution in [0.15, 0.2) is 34.2 Å². The Morgan fingerprint density at radius 1 is 1.29 bits per heavy atom. The summed E-state index contributed by atoms with van der Waals surface area (Å²) in [5.41, 5.74) is 5.86. The third kappa shape index (κ3) is 3.17. The van der Waals surface area contributed by atoms with Gasteiger partial charge in [-0.1, -0.05) is 12.1 Å². The number of rotatable bonds is 5. The number of imide groups is 1. The number of fused-ring (bicyclic) bond motifs is 1. The number of amides is 3. The molecule has 1 aromatic carbocycles. The number of hydrogen-bond donors (Lipinski definition) is 1. The second kappa shape index (κ2) is 6.70. The molecule has 0 aliphatic carbocycles. The highest BCUT2D eigenvalue weighted by atomic mass is 79.9. The molecule has 0 saturated carbocycles. The van der Waals surface area contributed by atoms with Crippen LogP contribution in [0.2, 0.25) is 0 Å². The van der Waals surface area contributed by atoms with Gasteiger partial charge in [0, 0.05) is 18.3 Å². The first-order chi connectivity index (χ1) is 11.5. The van der Waals surface area contributed by atoms with Crippen LogP contribution < -0.4 is 5.73 Å². The van der Waals surface area contributed by atoms with Crippen molar-refractivity contribution in [3.63, 3.8) is 0 Å². The number of ether oxygens (including phenoxy) is 1. The van der Waals surface area contributed by atoms with Crippen LogP contribution in [0.25, 0.3) is 0 Å². The van der Waals surface area contributed by atoms with Crippen LogP contribution in [0, 0.1) is 0 Å². The molecule has 1 aliphatic heterocycles. The molecule has 124 valence electrons. The maximum atomic E-state index is 12.3. The Hall–Kier alpha value is -2.26. The quantitative estimate of drug-likeness (QED) is 0.764. The molecule has 24 heavy (non-hydrogen) atoms. The van der Waals surface area contributed by atoms with Gasteiger partial charge in [-0.3, -0.25) is 14.5 Å². The van der Waals surface area contributed by atoms with Crippen molar-refractivity contribution in [2.24, 2.45) is 5.73 Å². The van der Waals surface area contributed by atoms with E-state index in [0.717, 1.165) is 4.90 Å². The molecule has 2 aromatic rings. The van der Waals surface area contributed by atoms with Gasteiger partial charge in [-0.2, -0.15) is 0 Å². The highest BCUT2D eigenvalue weighted by Gasteiger charge is 2.35. The number of nitrogens with two attached hydrogens (primary N) is 1. The normalized spacial score (nSPS) is 14.6. The molecule has 1 aromatic heterocycles. The topological polar surface area (TPSA) is 103 Å². The van der Waals surface area contributed by atoms with Crippen LogP contribution in [0.1, 0.15) is 38.2 Å². The lowest BCUT2D eigenvalue weighted by molar-refractivity contribution is 0.0602. The van der Waals surface area contributed by atoms with Gasteiger partial charge in [-0.15, -0.1) is 11.3 Å². The van der Waals surface area contributed by atoms with E-state index in [9.17, 15) is 14.4 Å². The van der Waals surface area contributed by atoms with E-state index in [1.165, 1.54) is 11.3 Å². The smallest absolute Gasteiger partial charge is 0.405 e. The van der Waals surface area contributed by atoms with E-state index in [1.807, 2.05) is 0 Å². The fourth-order valence-corrected chi connectivity index (χ4v) is 3.80. The molecule has 0 radical (unpaired) electrons. The average molecular weight is 410 g/mol. The van der Waals surface area contributed by atoms with E-state index in [1.54, 1.807) is 29.6 Å². The Bertz CT molecular complexity index is 788. The molecule has 3 amide bonds. The van der Waals surface area contributed by atoms with Crippen molar-refractivity contribution >= 4 is 45.2 Å². The summed E-state index contributed by atoms with van der Waals surface area (Å²) in [5, 5.41) is 2.28. The number of carbonyl (C=O) groups excluding carboxylic acids is 3. The minimum atomic E-state index is -0.936. The first-order valence-electron chi connectivity index (χ1n) is 6.99. The van der Waals surface area contributed by atoms with Crippen LogP contribution in [-0.4, -0.2) is 34.3 Å². The predicted octanol–water partition coefficient (Wildman–Crippen LogP) is 2.73. The molecule has 0 spiro atoms. The molecule has 1 aliphatic rings. The Balaban J connectivity index is 1.75. The average Bonchev–Trinajstić information content (AvgIpc) is 3.08. The van der Waals surface area contributed by atoms with Gasteiger partial charge >= 0.3 is 6.09 Å². The van der Waals surface area contributed by atoms with E-state index in [-0.39, 0.29) is 24.8 Å². The van der Waals surface area contributed by atoms with Gasteiger partial charge in [0.1, 0.15) is 9.61 Å². The molecule has 2 heterocycles. The van der Waals surface area contributed by atoms with Crippen molar-refractivity contribution in [3.8, 4) is 0 Å². The zero-order valence-electron chi connectivity index (χ0n) is 12.3. The number of halogens is 1. The minimum absolute atomic E-state index is 0.0987. The predicted molar refractivity (Wildman–Crippen MR) is 89.6 cm³/mol. The van der Waals surface area contributed by atoms with E-state index in [2.05, 4.69) is 20.9 Å². The molecule has 0 bridgehead atoms. The van der Waals surface area contributed by atoms with Gasteiger partial charge in [-0.05, 0) is 28.1 Å². The van der Waals surface area contributed by atoms with E-state index >= 15 is 0 Å². The van der Waals surface area contributed by atoms with Crippen molar-refractivity contribution in [1.82, 2.24) is 9.88 Å². The number of hydrogen-bond acceptors (Lipinski definition) is 6. The van der Waals surface area contributed by atoms with Crippen molar-refractivity contribution in [3.05, 3.63) is 50.4 Å². The Kier molecular flexibility index (Phi) is 4.63. The summed E-state index contributed by atoms with van der Waals surface area (Å²) >= 11 is 4.52. The maximum absolute atomic E-state index is 12.3. The second-order valence-corrected chi connectivity index (χ2v) is 6.73. The third-order valence-electron chi connectivity index (χ3n) is 3.52. The SMILES string of the molecule is NC(=O)OC(CCN1C(=O)c2ccccc2C1=O)c1nc(Br)cs1. The highest BCUT2D eigenvalue weighted by Crippen LogP contribution is 2.29. The van der Waals surface area contributed by atoms with E-state index in [4.69, 9.17) is 10.5 Å². The summed E-state index contributed by atoms with van der Waals surface area (Å²) in [6, 6.07) is 6.65. The first-order valence-corrected chi connectivity index (χ1v) is 8.67. The molecular formula is C15H12BrN3O4S. The van der Waals surface area contributed by atoms with Crippen LogP contribution in [0.4, 0.5) is 4.79 Å². The third-order valence-corrected chi connectivity index (χ3v) is 5.17. The molecule has 7 nitrogen and oxygen atoms in total. The zero-order valence-corrected chi connectivity index (χ0v) is 14.7. The van der Waals surface area contributed by atoms with Gasteiger partial charge in [0.15, 0.2) is 6.10 Å². The molecule has 3 rings (SSSR count). The standard InChI is InChI=1S/C15H12BrN3O4S/c16-11-7-24-12(18-11)10(23-15(17)22)5-6-19-13(20)8-3-1-2-4-9(8)14(19)21/h1-4,7,10H,5-6H2,(H2,17,22). The first kappa shape index (κ1) is 16.6. The van der Waals surface area contributed by atoms with Crippen LogP contribution in [0.3, 0.4) is 0 Å². The van der Waals surface area contributed by atoms with Gasteiger partial charge in [0.05, 0.1) is 11.1 Å². The molecule has 1 atom stereocenters. The number of nitrogens with zero attached hydrogens (tertiary/aromatic N) is 2. The monoisotopic (exact) mass is 409 g/mol. The second-order valence-electron chi connectivity index (χ2n) is 5.03. The lowest BCUT2D eigenvalue weighted by Crippen LogP contribution is -2.32. The minimum Gasteiger partial charge on any atom is -0.439 e. The summed E-state index contributed by atoms with van der Waals surface area (Å²) in [6.07, 6.45) is -1.44. The van der Waals surface area contributed by atoms with Gasteiger partial charge in [0.2, 0.25) is 0 Å². The van der Waals surface area contributed by atoms with Crippen LogP contribution in [-0.2, 0) is 4.74 Å². The number of benzene rings is 1. The summed E-state index contributed by atoms with van der Waals surface area (Å²) in [7, 11) is 0. The lowest BCUT2D eigenvalue weighted by Gasteiger charge is -2.18. The Morgan fingerprint density at radius 3 is 2.42 bits per heavy atom. The van der Waals surface area contributed by atoms with Crippen molar-refractivity contribution in [2.45, 2.75) is 12.5 Å². The van der Waals surface area contributed by atoms with Gasteiger partial charge in [-0.25, -0.2) is 9.78 Å². The molecule has 1 unspecified atom stereocenters. The number of primary amides is 1. The summed E-state index contributed by atoms with van der Waals surface area (Å²) in [6.45, 7) is 0.0987. The van der Waals surface area contributed by atoms with Crippen LogP contribution in [0.5, 0.6) is 0 Å². The molecule has 2 N–H and O–H groups in total. The Morgan fingerprint density at radius 2 is 1.92 bits per heavy atom.